The fourth-order valence-corrected chi connectivity index (χ4v) is 2.45. The molecule has 1 aromatic heterocycles. The average Bonchev–Trinajstić information content (AvgIpc) is 2.82. The van der Waals surface area contributed by atoms with E-state index in [0.29, 0.717) is 12.0 Å². The van der Waals surface area contributed by atoms with Crippen molar-refractivity contribution in [3.63, 3.8) is 0 Å². The van der Waals surface area contributed by atoms with E-state index in [-0.39, 0.29) is 0 Å². The predicted molar refractivity (Wildman–Crippen MR) is 70.6 cm³/mol. The van der Waals surface area contributed by atoms with Crippen LogP contribution in [0.15, 0.2) is 11.6 Å². The highest BCUT2D eigenvalue weighted by atomic mass is 32.1. The lowest BCUT2D eigenvalue weighted by Crippen LogP contribution is -2.22. The Hall–Kier alpha value is -0.450. The predicted octanol–water partition coefficient (Wildman–Crippen LogP) is 2.56. The second-order valence-corrected chi connectivity index (χ2v) is 5.19. The van der Waals surface area contributed by atoms with Gasteiger partial charge >= 0.3 is 0 Å². The maximum absolute atomic E-state index is 5.59. The van der Waals surface area contributed by atoms with Crippen molar-refractivity contribution in [1.29, 1.82) is 0 Å². The standard InChI is InChI=1S/C12H23N3S/c1-3-11(12-15-7-8-16-12)14-6-4-5-10(2)9-13/h7-8,10-11,14H,3-6,9,13H2,1-2H3. The molecule has 0 bridgehead atoms. The van der Waals surface area contributed by atoms with Crippen molar-refractivity contribution in [2.45, 2.75) is 39.2 Å². The van der Waals surface area contributed by atoms with Crippen LogP contribution in [0, 0.1) is 5.92 Å². The van der Waals surface area contributed by atoms with Crippen LogP contribution in [0.25, 0.3) is 0 Å². The summed E-state index contributed by atoms with van der Waals surface area (Å²) in [5, 5.41) is 6.80. The molecule has 1 aromatic rings. The molecule has 0 saturated carbocycles. The number of hydrogen-bond donors (Lipinski definition) is 2. The molecule has 92 valence electrons. The summed E-state index contributed by atoms with van der Waals surface area (Å²) in [6, 6.07) is 0.424. The lowest BCUT2D eigenvalue weighted by molar-refractivity contribution is 0.461. The summed E-state index contributed by atoms with van der Waals surface area (Å²) in [4.78, 5) is 4.35. The van der Waals surface area contributed by atoms with Gasteiger partial charge in [0, 0.05) is 11.6 Å². The number of rotatable bonds is 8. The molecule has 0 aromatic carbocycles. The Morgan fingerprint density at radius 2 is 2.38 bits per heavy atom. The molecular formula is C12H23N3S. The molecule has 3 nitrogen and oxygen atoms in total. The van der Waals surface area contributed by atoms with Gasteiger partial charge in [-0.05, 0) is 38.3 Å². The number of nitrogens with one attached hydrogen (secondary N) is 1. The summed E-state index contributed by atoms with van der Waals surface area (Å²) in [6.45, 7) is 6.26. The molecular weight excluding hydrogens is 218 g/mol. The lowest BCUT2D eigenvalue weighted by atomic mass is 10.1. The summed E-state index contributed by atoms with van der Waals surface area (Å²) < 4.78 is 0. The Bertz CT molecular complexity index is 261. The Morgan fingerprint density at radius 3 is 2.94 bits per heavy atom. The van der Waals surface area contributed by atoms with Crippen LogP contribution in [-0.2, 0) is 0 Å². The van der Waals surface area contributed by atoms with E-state index in [1.165, 1.54) is 17.8 Å². The van der Waals surface area contributed by atoms with Crippen molar-refractivity contribution in [3.05, 3.63) is 16.6 Å². The van der Waals surface area contributed by atoms with Crippen molar-refractivity contribution in [1.82, 2.24) is 10.3 Å². The first-order chi connectivity index (χ1) is 7.77. The van der Waals surface area contributed by atoms with E-state index in [0.717, 1.165) is 19.5 Å². The van der Waals surface area contributed by atoms with Crippen molar-refractivity contribution in [2.75, 3.05) is 13.1 Å². The Balaban J connectivity index is 2.20. The van der Waals surface area contributed by atoms with Gasteiger partial charge in [0.25, 0.3) is 0 Å². The topological polar surface area (TPSA) is 50.9 Å². The average molecular weight is 241 g/mol. The Morgan fingerprint density at radius 1 is 1.56 bits per heavy atom. The third-order valence-corrected chi connectivity index (χ3v) is 3.71. The van der Waals surface area contributed by atoms with Gasteiger partial charge in [0.2, 0.25) is 0 Å². The minimum absolute atomic E-state index is 0.424. The van der Waals surface area contributed by atoms with Gasteiger partial charge in [-0.1, -0.05) is 13.8 Å². The van der Waals surface area contributed by atoms with Gasteiger partial charge in [0.1, 0.15) is 5.01 Å². The molecule has 0 spiro atoms. The van der Waals surface area contributed by atoms with E-state index < -0.39 is 0 Å². The van der Waals surface area contributed by atoms with Crippen LogP contribution in [0.2, 0.25) is 0 Å². The molecule has 0 saturated heterocycles. The molecule has 1 rings (SSSR count). The second kappa shape index (κ2) is 7.76. The zero-order valence-corrected chi connectivity index (χ0v) is 11.1. The van der Waals surface area contributed by atoms with Crippen LogP contribution in [0.3, 0.4) is 0 Å². The van der Waals surface area contributed by atoms with E-state index in [4.69, 9.17) is 5.73 Å². The number of thiazole rings is 1. The molecule has 2 atom stereocenters. The largest absolute Gasteiger partial charge is 0.330 e. The van der Waals surface area contributed by atoms with Gasteiger partial charge < -0.3 is 11.1 Å². The van der Waals surface area contributed by atoms with E-state index in [2.05, 4.69) is 24.1 Å². The summed E-state index contributed by atoms with van der Waals surface area (Å²) in [6.07, 6.45) is 5.37. The summed E-state index contributed by atoms with van der Waals surface area (Å²) in [7, 11) is 0. The third kappa shape index (κ3) is 4.60. The molecule has 4 heteroatoms. The van der Waals surface area contributed by atoms with Gasteiger partial charge in [-0.15, -0.1) is 11.3 Å². The fourth-order valence-electron chi connectivity index (χ4n) is 1.66. The molecule has 2 unspecified atom stereocenters. The smallest absolute Gasteiger partial charge is 0.109 e. The van der Waals surface area contributed by atoms with Crippen LogP contribution in [0.5, 0.6) is 0 Å². The van der Waals surface area contributed by atoms with Gasteiger partial charge in [-0.3, -0.25) is 0 Å². The third-order valence-electron chi connectivity index (χ3n) is 2.82. The number of aromatic nitrogens is 1. The number of nitrogens with zero attached hydrogens (tertiary/aromatic N) is 1. The van der Waals surface area contributed by atoms with Crippen LogP contribution < -0.4 is 11.1 Å². The molecule has 0 aliphatic rings. The van der Waals surface area contributed by atoms with Crippen molar-refractivity contribution >= 4 is 11.3 Å². The SMILES string of the molecule is CCC(NCCCC(C)CN)c1nccs1. The first-order valence-electron chi connectivity index (χ1n) is 6.10. The molecule has 0 aliphatic carbocycles. The van der Waals surface area contributed by atoms with E-state index >= 15 is 0 Å². The highest BCUT2D eigenvalue weighted by Gasteiger charge is 2.10. The maximum Gasteiger partial charge on any atom is 0.109 e. The molecule has 0 radical (unpaired) electrons. The number of nitrogens with two attached hydrogens (primary N) is 1. The first kappa shape index (κ1) is 13.6. The normalized spacial score (nSPS) is 14.9. The summed E-state index contributed by atoms with van der Waals surface area (Å²) in [5.41, 5.74) is 5.59. The summed E-state index contributed by atoms with van der Waals surface area (Å²) in [5.74, 6) is 0.640. The van der Waals surface area contributed by atoms with Gasteiger partial charge in [-0.25, -0.2) is 4.98 Å². The first-order valence-corrected chi connectivity index (χ1v) is 6.98. The lowest BCUT2D eigenvalue weighted by Gasteiger charge is -2.15. The minimum Gasteiger partial charge on any atom is -0.330 e. The van der Waals surface area contributed by atoms with Crippen molar-refractivity contribution in [2.24, 2.45) is 11.7 Å². The van der Waals surface area contributed by atoms with Gasteiger partial charge in [0.05, 0.1) is 6.04 Å². The summed E-state index contributed by atoms with van der Waals surface area (Å²) >= 11 is 1.73. The monoisotopic (exact) mass is 241 g/mol. The maximum atomic E-state index is 5.59. The van der Waals surface area contributed by atoms with Crippen LogP contribution in [-0.4, -0.2) is 18.1 Å². The molecule has 0 amide bonds. The molecule has 0 aliphatic heterocycles. The van der Waals surface area contributed by atoms with E-state index in [1.54, 1.807) is 11.3 Å². The van der Waals surface area contributed by atoms with Gasteiger partial charge in [0.15, 0.2) is 0 Å². The molecule has 3 N–H and O–H groups in total. The minimum atomic E-state index is 0.424. The van der Waals surface area contributed by atoms with E-state index in [1.807, 2.05) is 11.6 Å². The quantitative estimate of drug-likeness (QED) is 0.688. The zero-order valence-electron chi connectivity index (χ0n) is 10.3. The zero-order chi connectivity index (χ0) is 11.8. The Kier molecular flexibility index (Phi) is 6.61. The van der Waals surface area contributed by atoms with Gasteiger partial charge in [-0.2, -0.15) is 0 Å². The van der Waals surface area contributed by atoms with Crippen LogP contribution in [0.4, 0.5) is 0 Å². The van der Waals surface area contributed by atoms with E-state index in [9.17, 15) is 0 Å². The second-order valence-electron chi connectivity index (χ2n) is 4.27. The highest BCUT2D eigenvalue weighted by molar-refractivity contribution is 7.09. The van der Waals surface area contributed by atoms with Crippen LogP contribution in [0.1, 0.15) is 44.2 Å². The fraction of sp³-hybridized carbons (Fsp3) is 0.750. The van der Waals surface area contributed by atoms with Crippen molar-refractivity contribution in [3.8, 4) is 0 Å². The highest BCUT2D eigenvalue weighted by Crippen LogP contribution is 2.18. The molecule has 16 heavy (non-hydrogen) atoms. The Labute approximate surface area is 102 Å². The van der Waals surface area contributed by atoms with Crippen molar-refractivity contribution < 1.29 is 0 Å². The number of hydrogen-bond acceptors (Lipinski definition) is 4. The molecule has 1 heterocycles. The molecule has 0 fully saturated rings. The van der Waals surface area contributed by atoms with Crippen LogP contribution >= 0.6 is 11.3 Å².